The lowest BCUT2D eigenvalue weighted by Gasteiger charge is -2.11. The lowest BCUT2D eigenvalue weighted by molar-refractivity contribution is -0.123. The number of nitrogens with one attached hydrogen (secondary N) is 1. The molecule has 1 aliphatic rings. The molecule has 0 saturated carbocycles. The summed E-state index contributed by atoms with van der Waals surface area (Å²) in [7, 11) is 0. The Labute approximate surface area is 186 Å². The maximum absolute atomic E-state index is 12.7. The lowest BCUT2D eigenvalue weighted by atomic mass is 10.0. The molecular formula is C23H17BrN2O5. The number of hydrogen-bond donors (Lipinski definition) is 2. The SMILES string of the molecule is Cc1cc(C(=O)O)ccc1-c1ccc(/C=C2/NC(=O)N(Cc3ccc(Br)cc3)C2=O)o1. The molecule has 31 heavy (non-hydrogen) atoms. The molecule has 1 aliphatic heterocycles. The number of carboxylic acids is 1. The van der Waals surface area contributed by atoms with Gasteiger partial charge in [-0.1, -0.05) is 34.1 Å². The van der Waals surface area contributed by atoms with Crippen LogP contribution in [0, 0.1) is 6.92 Å². The van der Waals surface area contributed by atoms with Crippen molar-refractivity contribution >= 4 is 39.9 Å². The van der Waals surface area contributed by atoms with Gasteiger partial charge in [-0.2, -0.15) is 0 Å². The Bertz CT molecular complexity index is 1230. The Hall–Kier alpha value is -3.65. The van der Waals surface area contributed by atoms with Gasteiger partial charge in [0, 0.05) is 16.1 Å². The quantitative estimate of drug-likeness (QED) is 0.403. The van der Waals surface area contributed by atoms with Crippen molar-refractivity contribution in [3.8, 4) is 11.3 Å². The molecular weight excluding hydrogens is 464 g/mol. The molecule has 1 fully saturated rings. The zero-order valence-electron chi connectivity index (χ0n) is 16.4. The molecule has 2 aromatic carbocycles. The average Bonchev–Trinajstić information content (AvgIpc) is 3.29. The van der Waals surface area contributed by atoms with E-state index in [1.165, 1.54) is 12.1 Å². The number of carbonyl (C=O) groups is 3. The number of urea groups is 1. The van der Waals surface area contributed by atoms with Crippen LogP contribution in [-0.4, -0.2) is 27.9 Å². The van der Waals surface area contributed by atoms with E-state index in [2.05, 4.69) is 21.2 Å². The molecule has 0 atom stereocenters. The zero-order valence-corrected chi connectivity index (χ0v) is 18.0. The Morgan fingerprint density at radius 1 is 1.13 bits per heavy atom. The van der Waals surface area contributed by atoms with E-state index >= 15 is 0 Å². The van der Waals surface area contributed by atoms with Crippen molar-refractivity contribution < 1.29 is 23.9 Å². The first kappa shape index (κ1) is 20.6. The third-order valence-electron chi connectivity index (χ3n) is 4.87. The number of imide groups is 1. The number of hydrogen-bond acceptors (Lipinski definition) is 4. The van der Waals surface area contributed by atoms with Gasteiger partial charge in [-0.3, -0.25) is 9.69 Å². The number of halogens is 1. The minimum absolute atomic E-state index is 0.126. The number of furan rings is 1. The van der Waals surface area contributed by atoms with E-state index in [0.29, 0.717) is 11.5 Å². The second-order valence-corrected chi connectivity index (χ2v) is 7.96. The van der Waals surface area contributed by atoms with E-state index in [9.17, 15) is 14.4 Å². The van der Waals surface area contributed by atoms with Crippen molar-refractivity contribution in [2.24, 2.45) is 0 Å². The normalized spacial score (nSPS) is 14.9. The Morgan fingerprint density at radius 2 is 1.87 bits per heavy atom. The highest BCUT2D eigenvalue weighted by atomic mass is 79.9. The largest absolute Gasteiger partial charge is 0.478 e. The monoisotopic (exact) mass is 480 g/mol. The van der Waals surface area contributed by atoms with E-state index < -0.39 is 17.9 Å². The van der Waals surface area contributed by atoms with Gasteiger partial charge in [-0.05, 0) is 54.4 Å². The fourth-order valence-electron chi connectivity index (χ4n) is 3.28. The summed E-state index contributed by atoms with van der Waals surface area (Å²) in [6, 6.07) is 15.0. The van der Waals surface area contributed by atoms with Crippen LogP contribution in [0.15, 0.2) is 69.2 Å². The van der Waals surface area contributed by atoms with Crippen molar-refractivity contribution in [1.29, 1.82) is 0 Å². The fourth-order valence-corrected chi connectivity index (χ4v) is 3.54. The van der Waals surface area contributed by atoms with Crippen LogP contribution in [0.25, 0.3) is 17.4 Å². The van der Waals surface area contributed by atoms with E-state index in [1.54, 1.807) is 31.2 Å². The molecule has 156 valence electrons. The van der Waals surface area contributed by atoms with Crippen molar-refractivity contribution in [2.45, 2.75) is 13.5 Å². The van der Waals surface area contributed by atoms with Gasteiger partial charge in [-0.25, -0.2) is 9.59 Å². The smallest absolute Gasteiger partial charge is 0.335 e. The third kappa shape index (κ3) is 4.29. The van der Waals surface area contributed by atoms with E-state index in [-0.39, 0.29) is 17.8 Å². The van der Waals surface area contributed by atoms with Crippen LogP contribution < -0.4 is 5.32 Å². The van der Waals surface area contributed by atoms with Crippen LogP contribution >= 0.6 is 15.9 Å². The molecule has 0 spiro atoms. The zero-order chi connectivity index (χ0) is 22.1. The van der Waals surface area contributed by atoms with Gasteiger partial charge >= 0.3 is 12.0 Å². The summed E-state index contributed by atoms with van der Waals surface area (Å²) in [5.74, 6) is -0.508. The van der Waals surface area contributed by atoms with Crippen LogP contribution in [0.5, 0.6) is 0 Å². The van der Waals surface area contributed by atoms with Gasteiger partial charge in [0.15, 0.2) is 0 Å². The topological polar surface area (TPSA) is 99.9 Å². The number of carboxylic acid groups (broad SMARTS) is 1. The first-order valence-corrected chi connectivity index (χ1v) is 10.1. The summed E-state index contributed by atoms with van der Waals surface area (Å²) in [6.07, 6.45) is 1.48. The first-order chi connectivity index (χ1) is 14.8. The number of benzene rings is 2. The second-order valence-electron chi connectivity index (χ2n) is 7.04. The maximum atomic E-state index is 12.7. The van der Waals surface area contributed by atoms with Crippen molar-refractivity contribution in [1.82, 2.24) is 10.2 Å². The van der Waals surface area contributed by atoms with Gasteiger partial charge in [0.25, 0.3) is 5.91 Å². The Balaban J connectivity index is 1.54. The van der Waals surface area contributed by atoms with Crippen LogP contribution in [0.3, 0.4) is 0 Å². The highest BCUT2D eigenvalue weighted by Gasteiger charge is 2.33. The standard InChI is InChI=1S/C23H17BrN2O5/c1-13-10-15(22(28)29)4-8-18(13)20-9-7-17(31-20)11-19-21(27)26(23(30)25-19)12-14-2-5-16(24)6-3-14/h2-11H,12H2,1H3,(H,25,30)(H,28,29)/b19-11+. The molecule has 4 rings (SSSR count). The van der Waals surface area contributed by atoms with E-state index in [1.807, 2.05) is 24.3 Å². The van der Waals surface area contributed by atoms with Gasteiger partial charge in [0.2, 0.25) is 0 Å². The summed E-state index contributed by atoms with van der Waals surface area (Å²) in [5.41, 5.74) is 2.64. The van der Waals surface area contributed by atoms with Gasteiger partial charge in [0.05, 0.1) is 12.1 Å². The molecule has 7 nitrogen and oxygen atoms in total. The molecule has 1 saturated heterocycles. The summed E-state index contributed by atoms with van der Waals surface area (Å²) < 4.78 is 6.72. The minimum Gasteiger partial charge on any atom is -0.478 e. The molecule has 2 heterocycles. The van der Waals surface area contributed by atoms with Crippen molar-refractivity contribution in [2.75, 3.05) is 0 Å². The highest BCUT2D eigenvalue weighted by Crippen LogP contribution is 2.28. The molecule has 0 bridgehead atoms. The van der Waals surface area contributed by atoms with E-state index in [0.717, 1.165) is 26.1 Å². The molecule has 2 N–H and O–H groups in total. The summed E-state index contributed by atoms with van der Waals surface area (Å²) in [4.78, 5) is 37.2. The number of carbonyl (C=O) groups excluding carboxylic acids is 2. The Kier molecular flexibility index (Phi) is 5.48. The van der Waals surface area contributed by atoms with Gasteiger partial charge in [-0.15, -0.1) is 0 Å². The van der Waals surface area contributed by atoms with Crippen molar-refractivity contribution in [3.05, 3.63) is 87.2 Å². The number of nitrogens with zero attached hydrogens (tertiary/aromatic N) is 1. The molecule has 8 heteroatoms. The predicted octanol–water partition coefficient (Wildman–Crippen LogP) is 4.81. The lowest BCUT2D eigenvalue weighted by Crippen LogP contribution is -2.30. The van der Waals surface area contributed by atoms with Gasteiger partial charge in [0.1, 0.15) is 17.2 Å². The number of rotatable bonds is 5. The summed E-state index contributed by atoms with van der Waals surface area (Å²) in [5, 5.41) is 11.7. The minimum atomic E-state index is -0.998. The Morgan fingerprint density at radius 3 is 2.55 bits per heavy atom. The molecule has 3 aromatic rings. The average molecular weight is 481 g/mol. The van der Waals surface area contributed by atoms with Crippen molar-refractivity contribution in [3.63, 3.8) is 0 Å². The summed E-state index contributed by atoms with van der Waals surface area (Å²) in [6.45, 7) is 1.96. The van der Waals surface area contributed by atoms with Crippen LogP contribution in [0.4, 0.5) is 4.79 Å². The number of aromatic carboxylic acids is 1. The highest BCUT2D eigenvalue weighted by molar-refractivity contribution is 9.10. The fraction of sp³-hybridized carbons (Fsp3) is 0.0870. The van der Waals surface area contributed by atoms with Crippen LogP contribution in [-0.2, 0) is 11.3 Å². The summed E-state index contributed by atoms with van der Waals surface area (Å²) >= 11 is 3.36. The number of amides is 3. The second kappa shape index (κ2) is 8.23. The van der Waals surface area contributed by atoms with Gasteiger partial charge < -0.3 is 14.8 Å². The maximum Gasteiger partial charge on any atom is 0.335 e. The predicted molar refractivity (Wildman–Crippen MR) is 117 cm³/mol. The molecule has 1 aromatic heterocycles. The van der Waals surface area contributed by atoms with E-state index in [4.69, 9.17) is 9.52 Å². The molecule has 0 aliphatic carbocycles. The van der Waals surface area contributed by atoms with Crippen LogP contribution in [0.2, 0.25) is 0 Å². The third-order valence-corrected chi connectivity index (χ3v) is 5.40. The van der Waals surface area contributed by atoms with Crippen LogP contribution in [0.1, 0.15) is 27.2 Å². The number of aryl methyl sites for hydroxylation is 1. The first-order valence-electron chi connectivity index (χ1n) is 9.35. The molecule has 0 unspecified atom stereocenters. The molecule has 0 radical (unpaired) electrons. The molecule has 3 amide bonds.